The Morgan fingerprint density at radius 2 is 0.600 bits per heavy atom. The van der Waals surface area contributed by atoms with Crippen LogP contribution in [0, 0.1) is 0 Å². The van der Waals surface area contributed by atoms with Crippen molar-refractivity contribution in [2.75, 3.05) is 0 Å². The van der Waals surface area contributed by atoms with Gasteiger partial charge in [-0.2, -0.15) is 0 Å². The van der Waals surface area contributed by atoms with Crippen LogP contribution in [0.2, 0.25) is 0 Å². The average Bonchev–Trinajstić information content (AvgIpc) is 1.25. The largest absolute Gasteiger partial charge is 1.00 e. The minimum atomic E-state index is -4.01. The molecule has 0 aliphatic rings. The van der Waals surface area contributed by atoms with Crippen molar-refractivity contribution in [1.29, 1.82) is 0 Å². The fourth-order valence-electron chi connectivity index (χ4n) is 0. The van der Waals surface area contributed by atoms with E-state index in [-0.39, 0.29) is 75.4 Å². The fourth-order valence-corrected chi connectivity index (χ4v) is 0. The van der Waals surface area contributed by atoms with Gasteiger partial charge in [-0.15, -0.1) is 0 Å². The fraction of sp³-hybridized carbons (Fsp3) is 0. The molecule has 0 aromatic carbocycles. The van der Waals surface area contributed by atoms with Crippen LogP contribution in [-0.4, -0.2) is 0 Å². The third-order valence-electron chi connectivity index (χ3n) is 0. The van der Waals surface area contributed by atoms with Crippen LogP contribution < -0.4 is 138 Å². The van der Waals surface area contributed by atoms with Crippen molar-refractivity contribution in [3.63, 3.8) is 0 Å². The Labute approximate surface area is 135 Å². The van der Waals surface area contributed by atoms with E-state index in [4.69, 9.17) is 20.6 Å². The standard InChI is InChI=1S/2IO3.H2I.K/c2*2-1(3)4;;/h;;1H2;/q2*-1;2*+1. The monoisotopic (exact) mass is 518 g/mol. The Balaban J connectivity index is -0.0000000300. The number of hydrogen-bond donors (Lipinski definition) is 0. The summed E-state index contributed by atoms with van der Waals surface area (Å²) in [4.78, 5) is 0. The summed E-state index contributed by atoms with van der Waals surface area (Å²) in [5, 5.41) is 0. The Kier molecular flexibility index (Phi) is 43.1. The maximum Gasteiger partial charge on any atom is 1.00 e. The van der Waals surface area contributed by atoms with Gasteiger partial charge in [0.2, 0.25) is 24.0 Å². The van der Waals surface area contributed by atoms with Gasteiger partial charge in [-0.05, 0) is 0 Å². The minimum Gasteiger partial charge on any atom is -0.427 e. The Morgan fingerprint density at radius 3 is 0.600 bits per heavy atom. The summed E-state index contributed by atoms with van der Waals surface area (Å²) in [6, 6.07) is 0. The van der Waals surface area contributed by atoms with E-state index >= 15 is 0 Å². The summed E-state index contributed by atoms with van der Waals surface area (Å²) in [5.41, 5.74) is 0. The summed E-state index contributed by atoms with van der Waals surface area (Å²) < 4.78 is 51.4. The molecular formula is H2I3KO6. The summed E-state index contributed by atoms with van der Waals surface area (Å²) >= 11 is -8.03. The van der Waals surface area contributed by atoms with Crippen LogP contribution in [0.15, 0.2) is 0 Å². The smallest absolute Gasteiger partial charge is 0.427 e. The van der Waals surface area contributed by atoms with E-state index in [1.165, 1.54) is 0 Å². The molecule has 0 amide bonds. The first-order valence-corrected chi connectivity index (χ1v) is 6.21. The van der Waals surface area contributed by atoms with Crippen LogP contribution in [0.25, 0.3) is 0 Å². The molecule has 0 rings (SSSR count). The Bertz CT molecular complexity index is 28.5. The van der Waals surface area contributed by atoms with E-state index in [0.29, 0.717) is 0 Å². The minimum absolute atomic E-state index is 0. The Morgan fingerprint density at radius 1 is 0.600 bits per heavy atom. The molecule has 0 aromatic rings. The van der Waals surface area contributed by atoms with E-state index in [9.17, 15) is 0 Å². The van der Waals surface area contributed by atoms with Gasteiger partial charge in [-0.1, -0.05) is 0 Å². The summed E-state index contributed by atoms with van der Waals surface area (Å²) in [6.45, 7) is 0. The summed E-state index contributed by atoms with van der Waals surface area (Å²) in [7, 11) is 0. The van der Waals surface area contributed by atoms with Crippen molar-refractivity contribution in [2.24, 2.45) is 0 Å². The van der Waals surface area contributed by atoms with E-state index < -0.39 is 42.1 Å². The van der Waals surface area contributed by atoms with Gasteiger partial charge in [-0.3, -0.25) is 0 Å². The maximum absolute atomic E-state index is 8.57. The van der Waals surface area contributed by atoms with Crippen molar-refractivity contribution in [2.45, 2.75) is 0 Å². The number of rotatable bonds is 0. The molecule has 6 nitrogen and oxygen atoms in total. The number of halogens is 3. The van der Waals surface area contributed by atoms with Gasteiger partial charge in [0.15, 0.2) is 0 Å². The predicted octanol–water partition coefficient (Wildman–Crippen LogP) is -19.7. The second kappa shape index (κ2) is 18.4. The first-order valence-electron chi connectivity index (χ1n) is 0.926. The molecule has 10 heteroatoms. The molecule has 0 bridgehead atoms. The van der Waals surface area contributed by atoms with Crippen LogP contribution in [0.3, 0.4) is 0 Å². The van der Waals surface area contributed by atoms with Gasteiger partial charge in [0.1, 0.15) is 0 Å². The van der Waals surface area contributed by atoms with Crippen molar-refractivity contribution >= 4 is 0 Å². The van der Waals surface area contributed by atoms with Gasteiger partial charge >= 0.3 is 51.4 Å². The zero-order chi connectivity index (χ0) is 7.15. The van der Waals surface area contributed by atoms with Crippen molar-refractivity contribution in [3.05, 3.63) is 0 Å². The summed E-state index contributed by atoms with van der Waals surface area (Å²) in [6.07, 6.45) is 0. The molecule has 0 saturated carbocycles. The van der Waals surface area contributed by atoms with Crippen LogP contribution in [0.4, 0.5) is 0 Å². The van der Waals surface area contributed by atoms with Crippen molar-refractivity contribution < 1.29 is 138 Å². The quantitative estimate of drug-likeness (QED) is 0.231. The second-order valence-corrected chi connectivity index (χ2v) is 2.54. The van der Waals surface area contributed by atoms with E-state index in [1.807, 2.05) is 0 Å². The average molecular weight is 518 g/mol. The zero-order valence-corrected chi connectivity index (χ0v) is 14.6. The topological polar surface area (TPSA) is 138 Å². The third-order valence-corrected chi connectivity index (χ3v) is 0. The maximum atomic E-state index is 8.57. The SMILES string of the molecule is [IH2+].[K+].[O-][I+2]([O-])[O-].[O-][I+2]([O-])[O-]. The van der Waals surface area contributed by atoms with Gasteiger partial charge in [0, 0.05) is 0 Å². The number of hydrogen-bond acceptors (Lipinski definition) is 6. The molecule has 0 aromatic heterocycles. The first-order chi connectivity index (χ1) is 3.46. The normalized spacial score (nSPS) is 7.20. The van der Waals surface area contributed by atoms with Gasteiger partial charge in [-0.25, -0.2) is 0 Å². The molecule has 0 radical (unpaired) electrons. The predicted molar refractivity (Wildman–Crippen MR) is 2.79 cm³/mol. The van der Waals surface area contributed by atoms with Crippen LogP contribution in [0.5, 0.6) is 0 Å². The molecule has 0 N–H and O–H groups in total. The van der Waals surface area contributed by atoms with Crippen LogP contribution in [-0.2, 0) is 0 Å². The zero-order valence-electron chi connectivity index (χ0n) is 4.65. The van der Waals surface area contributed by atoms with Crippen molar-refractivity contribution in [3.8, 4) is 0 Å². The third kappa shape index (κ3) is 101. The molecule has 0 saturated heterocycles. The van der Waals surface area contributed by atoms with Crippen LogP contribution >= 0.6 is 0 Å². The Hall–Kier alpha value is 3.59. The first kappa shape index (κ1) is 23.4. The van der Waals surface area contributed by atoms with Gasteiger partial charge in [0.05, 0.1) is 0 Å². The molecule has 10 heavy (non-hydrogen) atoms. The van der Waals surface area contributed by atoms with Crippen LogP contribution in [0.1, 0.15) is 0 Å². The molecule has 0 aliphatic heterocycles. The molecule has 60 valence electrons. The molecule has 0 heterocycles. The molecule has 0 spiro atoms. The van der Waals surface area contributed by atoms with E-state index in [2.05, 4.69) is 0 Å². The van der Waals surface area contributed by atoms with Gasteiger partial charge < -0.3 is 20.6 Å². The molecule has 0 atom stereocenters. The molecule has 0 unspecified atom stereocenters. The van der Waals surface area contributed by atoms with E-state index in [0.717, 1.165) is 0 Å². The van der Waals surface area contributed by atoms with E-state index in [1.54, 1.807) is 0 Å². The van der Waals surface area contributed by atoms with Crippen molar-refractivity contribution in [1.82, 2.24) is 0 Å². The molecule has 0 fully saturated rings. The second-order valence-electron chi connectivity index (χ2n) is 0.378. The molecule has 0 aliphatic carbocycles. The molecular weight excluding hydrogens is 516 g/mol. The van der Waals surface area contributed by atoms with Gasteiger partial charge in [0.25, 0.3) is 42.1 Å². The summed E-state index contributed by atoms with van der Waals surface area (Å²) in [5.74, 6) is 0.